The maximum Gasteiger partial charge on any atom is 0.212 e. The summed E-state index contributed by atoms with van der Waals surface area (Å²) in [5.41, 5.74) is 2.65. The van der Waals surface area contributed by atoms with E-state index in [-0.39, 0.29) is 34.2 Å². The lowest BCUT2D eigenvalue weighted by Gasteiger charge is -2.20. The molecule has 0 saturated heterocycles. The largest absolute Gasteiger partial charge is 0.294 e. The zero-order chi connectivity index (χ0) is 17.0. The molecule has 0 saturated carbocycles. The van der Waals surface area contributed by atoms with Crippen molar-refractivity contribution in [3.63, 3.8) is 0 Å². The number of fused-ring (bicyclic) bond motifs is 3. The first kappa shape index (κ1) is 14.5. The van der Waals surface area contributed by atoms with E-state index >= 15 is 0 Å². The second kappa shape index (κ2) is 4.93. The molecule has 0 amide bonds. The number of rotatable bonds is 1. The smallest absolute Gasteiger partial charge is 0.212 e. The van der Waals surface area contributed by atoms with Gasteiger partial charge in [0.15, 0.2) is 11.6 Å². The van der Waals surface area contributed by atoms with Crippen molar-refractivity contribution in [2.24, 2.45) is 0 Å². The zero-order valence-corrected chi connectivity index (χ0v) is 13.2. The van der Waals surface area contributed by atoms with E-state index in [1.807, 2.05) is 19.1 Å². The number of Topliss-reactive ketones (excluding diaryl/α,β-unsaturated/α-hetero) is 1. The number of benzene rings is 2. The van der Waals surface area contributed by atoms with Crippen molar-refractivity contribution in [1.29, 1.82) is 0 Å². The predicted molar refractivity (Wildman–Crippen MR) is 89.8 cm³/mol. The maximum absolute atomic E-state index is 13.0. The van der Waals surface area contributed by atoms with Gasteiger partial charge in [-0.15, -0.1) is 0 Å². The number of hydrogen-bond acceptors (Lipinski definition) is 4. The Morgan fingerprint density at radius 2 is 1.62 bits per heavy atom. The molecule has 4 rings (SSSR count). The lowest BCUT2D eigenvalue weighted by molar-refractivity contribution is 0.0965. The van der Waals surface area contributed by atoms with Gasteiger partial charge in [0.1, 0.15) is 5.69 Å². The van der Waals surface area contributed by atoms with Crippen LogP contribution in [0.25, 0.3) is 10.9 Å². The molecule has 0 atom stereocenters. The standard InChI is InChI=1S/C20H13NO3/c1-10-7-8-15-14(9-10)16(11(2)22)17-18(21-15)20(24)13-6-4-3-5-12(13)19(17)23/h3-9H,1-2H3. The van der Waals surface area contributed by atoms with Gasteiger partial charge < -0.3 is 0 Å². The highest BCUT2D eigenvalue weighted by atomic mass is 16.1. The topological polar surface area (TPSA) is 64.1 Å². The summed E-state index contributed by atoms with van der Waals surface area (Å²) in [6.45, 7) is 3.32. The minimum Gasteiger partial charge on any atom is -0.294 e. The van der Waals surface area contributed by atoms with Gasteiger partial charge >= 0.3 is 0 Å². The summed E-state index contributed by atoms with van der Waals surface area (Å²) < 4.78 is 0. The molecule has 0 aliphatic heterocycles. The molecule has 2 aromatic carbocycles. The van der Waals surface area contributed by atoms with Gasteiger partial charge in [0.25, 0.3) is 0 Å². The Morgan fingerprint density at radius 3 is 2.29 bits per heavy atom. The second-order valence-electron chi connectivity index (χ2n) is 5.99. The molecular formula is C20H13NO3. The SMILES string of the molecule is CC(=O)c1c2c(nc3ccc(C)cc13)C(=O)c1ccccc1C2=O. The maximum atomic E-state index is 13.0. The van der Waals surface area contributed by atoms with Crippen LogP contribution in [0, 0.1) is 6.92 Å². The third-order valence-electron chi connectivity index (χ3n) is 4.35. The van der Waals surface area contributed by atoms with E-state index in [9.17, 15) is 14.4 Å². The van der Waals surface area contributed by atoms with Crippen LogP contribution in [0.5, 0.6) is 0 Å². The molecule has 0 fully saturated rings. The van der Waals surface area contributed by atoms with Gasteiger partial charge in [0.05, 0.1) is 11.1 Å². The molecule has 1 aliphatic carbocycles. The first-order valence-electron chi connectivity index (χ1n) is 7.62. The molecular weight excluding hydrogens is 302 g/mol. The number of carbonyl (C=O) groups excluding carboxylic acids is 3. The summed E-state index contributed by atoms with van der Waals surface area (Å²) in [4.78, 5) is 42.5. The second-order valence-corrected chi connectivity index (χ2v) is 5.99. The Bertz CT molecular complexity index is 1080. The van der Waals surface area contributed by atoms with Crippen molar-refractivity contribution >= 4 is 28.3 Å². The normalized spacial score (nSPS) is 12.9. The molecule has 0 unspecified atom stereocenters. The molecule has 1 heterocycles. The van der Waals surface area contributed by atoms with Crippen LogP contribution in [0.3, 0.4) is 0 Å². The Morgan fingerprint density at radius 1 is 0.958 bits per heavy atom. The fourth-order valence-electron chi connectivity index (χ4n) is 3.27. The molecule has 0 N–H and O–H groups in total. The predicted octanol–water partition coefficient (Wildman–Crippen LogP) is 3.52. The lowest BCUT2D eigenvalue weighted by Crippen LogP contribution is -2.25. The van der Waals surface area contributed by atoms with Crippen molar-refractivity contribution in [1.82, 2.24) is 4.98 Å². The van der Waals surface area contributed by atoms with Crippen LogP contribution in [0.1, 0.15) is 54.8 Å². The highest BCUT2D eigenvalue weighted by Gasteiger charge is 2.34. The van der Waals surface area contributed by atoms with Crippen LogP contribution >= 0.6 is 0 Å². The average molecular weight is 315 g/mol. The van der Waals surface area contributed by atoms with Crippen LogP contribution in [0.4, 0.5) is 0 Å². The van der Waals surface area contributed by atoms with E-state index in [1.54, 1.807) is 30.3 Å². The number of aryl methyl sites for hydroxylation is 1. The average Bonchev–Trinajstić information content (AvgIpc) is 2.57. The van der Waals surface area contributed by atoms with Gasteiger partial charge in [0, 0.05) is 22.1 Å². The fraction of sp³-hybridized carbons (Fsp3) is 0.100. The van der Waals surface area contributed by atoms with E-state index in [0.29, 0.717) is 22.0 Å². The molecule has 4 nitrogen and oxygen atoms in total. The van der Waals surface area contributed by atoms with E-state index in [2.05, 4.69) is 4.98 Å². The summed E-state index contributed by atoms with van der Waals surface area (Å²) in [5.74, 6) is -0.878. The number of nitrogens with zero attached hydrogens (tertiary/aromatic N) is 1. The summed E-state index contributed by atoms with van der Waals surface area (Å²) in [7, 11) is 0. The fourth-order valence-corrected chi connectivity index (χ4v) is 3.27. The van der Waals surface area contributed by atoms with Crippen molar-refractivity contribution in [2.45, 2.75) is 13.8 Å². The van der Waals surface area contributed by atoms with Crippen LogP contribution in [0.2, 0.25) is 0 Å². The molecule has 4 heteroatoms. The molecule has 3 aromatic rings. The van der Waals surface area contributed by atoms with Crippen LogP contribution in [0.15, 0.2) is 42.5 Å². The van der Waals surface area contributed by atoms with Crippen molar-refractivity contribution in [3.8, 4) is 0 Å². The van der Waals surface area contributed by atoms with Crippen LogP contribution in [-0.4, -0.2) is 22.3 Å². The zero-order valence-electron chi connectivity index (χ0n) is 13.2. The summed E-state index contributed by atoms with van der Waals surface area (Å²) in [5, 5.41) is 0.613. The van der Waals surface area contributed by atoms with Crippen molar-refractivity contribution in [3.05, 3.63) is 76.0 Å². The van der Waals surface area contributed by atoms with Crippen LogP contribution in [-0.2, 0) is 0 Å². The van der Waals surface area contributed by atoms with Gasteiger partial charge in [-0.05, 0) is 26.0 Å². The lowest BCUT2D eigenvalue weighted by atomic mass is 9.82. The number of hydrogen-bond donors (Lipinski definition) is 0. The Kier molecular flexibility index (Phi) is 2.97. The van der Waals surface area contributed by atoms with Gasteiger partial charge in [-0.1, -0.05) is 35.9 Å². The van der Waals surface area contributed by atoms with Gasteiger partial charge in [-0.2, -0.15) is 0 Å². The number of aromatic nitrogens is 1. The monoisotopic (exact) mass is 315 g/mol. The molecule has 0 spiro atoms. The minimum absolute atomic E-state index is 0.0697. The minimum atomic E-state index is -0.318. The number of ketones is 3. The number of pyridine rings is 1. The molecule has 1 aliphatic rings. The molecule has 0 radical (unpaired) electrons. The van der Waals surface area contributed by atoms with Gasteiger partial charge in [-0.25, -0.2) is 4.98 Å². The quantitative estimate of drug-likeness (QED) is 0.504. The first-order valence-corrected chi connectivity index (χ1v) is 7.62. The summed E-state index contributed by atoms with van der Waals surface area (Å²) in [6, 6.07) is 12.1. The summed E-state index contributed by atoms with van der Waals surface area (Å²) in [6.07, 6.45) is 0. The van der Waals surface area contributed by atoms with E-state index in [1.165, 1.54) is 6.92 Å². The Balaban J connectivity index is 2.18. The van der Waals surface area contributed by atoms with E-state index in [4.69, 9.17) is 0 Å². The highest BCUT2D eigenvalue weighted by molar-refractivity contribution is 6.32. The third-order valence-corrected chi connectivity index (χ3v) is 4.35. The van der Waals surface area contributed by atoms with Crippen molar-refractivity contribution < 1.29 is 14.4 Å². The van der Waals surface area contributed by atoms with Gasteiger partial charge in [-0.3, -0.25) is 14.4 Å². The third kappa shape index (κ3) is 1.86. The van der Waals surface area contributed by atoms with E-state index in [0.717, 1.165) is 5.56 Å². The Labute approximate surface area is 138 Å². The van der Waals surface area contributed by atoms with Crippen molar-refractivity contribution in [2.75, 3.05) is 0 Å². The number of carbonyl (C=O) groups is 3. The molecule has 116 valence electrons. The summed E-state index contributed by atoms with van der Waals surface area (Å²) >= 11 is 0. The molecule has 1 aromatic heterocycles. The Hall–Kier alpha value is -3.14. The molecule has 0 bridgehead atoms. The highest BCUT2D eigenvalue weighted by Crippen LogP contribution is 2.33. The first-order chi connectivity index (χ1) is 11.5. The van der Waals surface area contributed by atoms with Gasteiger partial charge in [0.2, 0.25) is 5.78 Å². The molecule has 24 heavy (non-hydrogen) atoms. The van der Waals surface area contributed by atoms with E-state index < -0.39 is 0 Å². The van der Waals surface area contributed by atoms with Crippen LogP contribution < -0.4 is 0 Å².